The quantitative estimate of drug-likeness (QED) is 0.806. The molecule has 0 unspecified atom stereocenters. The van der Waals surface area contributed by atoms with Crippen LogP contribution in [0.2, 0.25) is 0 Å². The first kappa shape index (κ1) is 12.7. The number of aromatic nitrogens is 1. The number of rotatable bonds is 2. The third kappa shape index (κ3) is 2.81. The fourth-order valence-corrected chi connectivity index (χ4v) is 3.77. The molecule has 1 aliphatic carbocycles. The summed E-state index contributed by atoms with van der Waals surface area (Å²) in [6.45, 7) is 2.36. The van der Waals surface area contributed by atoms with Crippen molar-refractivity contribution in [2.24, 2.45) is 5.92 Å². The number of benzene rings is 1. The van der Waals surface area contributed by atoms with E-state index in [4.69, 9.17) is 10.7 Å². The number of hydrogen-bond donors (Lipinski definition) is 1. The molecule has 0 amide bonds. The number of nitrogen functional groups attached to an aromatic ring is 1. The second-order valence-corrected chi connectivity index (χ2v) is 6.54. The summed E-state index contributed by atoms with van der Waals surface area (Å²) in [5.74, 6) is 1.58. The topological polar surface area (TPSA) is 38.9 Å². The van der Waals surface area contributed by atoms with Gasteiger partial charge in [0, 0.05) is 22.5 Å². The monoisotopic (exact) mass is 272 g/mol. The summed E-state index contributed by atoms with van der Waals surface area (Å²) in [6, 6.07) is 7.99. The van der Waals surface area contributed by atoms with Crippen LogP contribution in [0.1, 0.15) is 43.5 Å². The smallest absolute Gasteiger partial charge is 0.0963 e. The summed E-state index contributed by atoms with van der Waals surface area (Å²) < 4.78 is 0. The Bertz CT molecular complexity index is 536. The van der Waals surface area contributed by atoms with E-state index in [0.717, 1.165) is 17.3 Å². The van der Waals surface area contributed by atoms with Crippen LogP contribution in [0, 0.1) is 5.92 Å². The normalized spacial score (nSPS) is 23.4. The van der Waals surface area contributed by atoms with Gasteiger partial charge in [-0.1, -0.05) is 31.9 Å². The lowest BCUT2D eigenvalue weighted by atomic mass is 9.83. The molecule has 1 aromatic heterocycles. The lowest BCUT2D eigenvalue weighted by Gasteiger charge is -2.24. The summed E-state index contributed by atoms with van der Waals surface area (Å²) in [4.78, 5) is 4.84. The Balaban J connectivity index is 1.77. The molecule has 0 saturated heterocycles. The highest BCUT2D eigenvalue weighted by atomic mass is 32.1. The predicted octanol–water partition coefficient (Wildman–Crippen LogP) is 4.69. The Kier molecular flexibility index (Phi) is 3.56. The van der Waals surface area contributed by atoms with Crippen LogP contribution in [0.3, 0.4) is 0 Å². The van der Waals surface area contributed by atoms with Crippen molar-refractivity contribution >= 4 is 17.0 Å². The van der Waals surface area contributed by atoms with Crippen LogP contribution >= 0.6 is 11.3 Å². The standard InChI is InChI=1S/C16H20N2S/c1-11-2-4-13(5-3-11)16-18-15(10-19-16)12-6-8-14(17)9-7-12/h6-11,13H,2-5,17H2,1H3. The average molecular weight is 272 g/mol. The summed E-state index contributed by atoms with van der Waals surface area (Å²) >= 11 is 1.81. The van der Waals surface area contributed by atoms with Crippen molar-refractivity contribution in [1.29, 1.82) is 0 Å². The van der Waals surface area contributed by atoms with E-state index in [0.29, 0.717) is 5.92 Å². The zero-order valence-electron chi connectivity index (χ0n) is 11.3. The van der Waals surface area contributed by atoms with Crippen LogP contribution in [-0.2, 0) is 0 Å². The SMILES string of the molecule is CC1CCC(c2nc(-c3ccc(N)cc3)cs2)CC1. The number of hydrogen-bond acceptors (Lipinski definition) is 3. The highest BCUT2D eigenvalue weighted by molar-refractivity contribution is 7.10. The van der Waals surface area contributed by atoms with Gasteiger partial charge >= 0.3 is 0 Å². The zero-order chi connectivity index (χ0) is 13.2. The third-order valence-corrected chi connectivity index (χ3v) is 5.10. The van der Waals surface area contributed by atoms with Crippen molar-refractivity contribution in [3.05, 3.63) is 34.7 Å². The fourth-order valence-electron chi connectivity index (χ4n) is 2.77. The van der Waals surface area contributed by atoms with Crippen LogP contribution in [0.15, 0.2) is 29.6 Å². The summed E-state index contributed by atoms with van der Waals surface area (Å²) in [5, 5.41) is 3.50. The molecular formula is C16H20N2S. The van der Waals surface area contributed by atoms with Crippen molar-refractivity contribution in [2.75, 3.05) is 5.73 Å². The van der Waals surface area contributed by atoms with E-state index in [-0.39, 0.29) is 0 Å². The molecule has 19 heavy (non-hydrogen) atoms. The van der Waals surface area contributed by atoms with Gasteiger partial charge in [-0.25, -0.2) is 4.98 Å². The Morgan fingerprint density at radius 1 is 1.11 bits per heavy atom. The van der Waals surface area contributed by atoms with E-state index in [1.54, 1.807) is 0 Å². The Morgan fingerprint density at radius 3 is 2.47 bits per heavy atom. The van der Waals surface area contributed by atoms with Crippen LogP contribution < -0.4 is 5.73 Å². The average Bonchev–Trinajstić information content (AvgIpc) is 2.90. The van der Waals surface area contributed by atoms with Gasteiger partial charge in [0.2, 0.25) is 0 Å². The lowest BCUT2D eigenvalue weighted by molar-refractivity contribution is 0.347. The Hall–Kier alpha value is -1.35. The first-order chi connectivity index (χ1) is 9.22. The molecule has 2 nitrogen and oxygen atoms in total. The van der Waals surface area contributed by atoms with Gasteiger partial charge in [0.05, 0.1) is 10.7 Å². The molecule has 1 saturated carbocycles. The predicted molar refractivity (Wildman–Crippen MR) is 82.3 cm³/mol. The Labute approximate surface area is 118 Å². The van der Waals surface area contributed by atoms with Crippen molar-refractivity contribution in [1.82, 2.24) is 4.98 Å². The van der Waals surface area contributed by atoms with Crippen LogP contribution in [0.25, 0.3) is 11.3 Å². The van der Waals surface area contributed by atoms with Gasteiger partial charge in [0.25, 0.3) is 0 Å². The number of thiazole rings is 1. The summed E-state index contributed by atoms with van der Waals surface area (Å²) in [5.41, 5.74) is 8.79. The largest absolute Gasteiger partial charge is 0.399 e. The molecule has 1 aromatic carbocycles. The number of nitrogens with two attached hydrogens (primary N) is 1. The third-order valence-electron chi connectivity index (χ3n) is 4.09. The van der Waals surface area contributed by atoms with Gasteiger partial charge in [-0.15, -0.1) is 11.3 Å². The fraction of sp³-hybridized carbons (Fsp3) is 0.438. The van der Waals surface area contributed by atoms with Crippen LogP contribution in [-0.4, -0.2) is 4.98 Å². The van der Waals surface area contributed by atoms with Crippen LogP contribution in [0.5, 0.6) is 0 Å². The maximum atomic E-state index is 5.72. The number of nitrogens with zero attached hydrogens (tertiary/aromatic N) is 1. The van der Waals surface area contributed by atoms with E-state index in [9.17, 15) is 0 Å². The van der Waals surface area contributed by atoms with Crippen molar-refractivity contribution in [3.8, 4) is 11.3 Å². The second-order valence-electron chi connectivity index (χ2n) is 5.65. The van der Waals surface area contributed by atoms with E-state index in [1.165, 1.54) is 36.3 Å². The minimum absolute atomic E-state index is 0.684. The minimum Gasteiger partial charge on any atom is -0.399 e. The molecule has 1 heterocycles. The molecule has 0 spiro atoms. The first-order valence-corrected chi connectivity index (χ1v) is 7.91. The molecule has 3 heteroatoms. The van der Waals surface area contributed by atoms with E-state index in [2.05, 4.69) is 24.4 Å². The molecule has 3 rings (SSSR count). The molecule has 100 valence electrons. The van der Waals surface area contributed by atoms with Crippen molar-refractivity contribution < 1.29 is 0 Å². The number of anilines is 1. The molecular weight excluding hydrogens is 252 g/mol. The van der Waals surface area contributed by atoms with Crippen LogP contribution in [0.4, 0.5) is 5.69 Å². The lowest BCUT2D eigenvalue weighted by Crippen LogP contribution is -2.10. The molecule has 2 aromatic rings. The van der Waals surface area contributed by atoms with E-state index in [1.807, 2.05) is 23.5 Å². The highest BCUT2D eigenvalue weighted by Gasteiger charge is 2.22. The zero-order valence-corrected chi connectivity index (χ0v) is 12.1. The maximum absolute atomic E-state index is 5.72. The second kappa shape index (κ2) is 5.33. The molecule has 2 N–H and O–H groups in total. The molecule has 0 atom stereocenters. The van der Waals surface area contributed by atoms with Gasteiger partial charge in [-0.2, -0.15) is 0 Å². The maximum Gasteiger partial charge on any atom is 0.0963 e. The van der Waals surface area contributed by atoms with Gasteiger partial charge in [0.15, 0.2) is 0 Å². The molecule has 0 bridgehead atoms. The van der Waals surface area contributed by atoms with E-state index >= 15 is 0 Å². The van der Waals surface area contributed by atoms with Crippen molar-refractivity contribution in [2.45, 2.75) is 38.5 Å². The van der Waals surface area contributed by atoms with Gasteiger partial charge in [-0.3, -0.25) is 0 Å². The minimum atomic E-state index is 0.684. The van der Waals surface area contributed by atoms with Gasteiger partial charge < -0.3 is 5.73 Å². The molecule has 0 radical (unpaired) electrons. The van der Waals surface area contributed by atoms with Crippen molar-refractivity contribution in [3.63, 3.8) is 0 Å². The first-order valence-electron chi connectivity index (χ1n) is 7.03. The summed E-state index contributed by atoms with van der Waals surface area (Å²) in [7, 11) is 0. The van der Waals surface area contributed by atoms with Gasteiger partial charge in [-0.05, 0) is 30.9 Å². The Morgan fingerprint density at radius 2 is 1.79 bits per heavy atom. The van der Waals surface area contributed by atoms with Gasteiger partial charge in [0.1, 0.15) is 0 Å². The highest BCUT2D eigenvalue weighted by Crippen LogP contribution is 2.37. The summed E-state index contributed by atoms with van der Waals surface area (Å²) in [6.07, 6.45) is 5.30. The van der Waals surface area contributed by atoms with E-state index < -0.39 is 0 Å². The molecule has 1 aliphatic rings. The molecule has 0 aliphatic heterocycles. The molecule has 1 fully saturated rings.